The third kappa shape index (κ3) is 6.14. The van der Waals surface area contributed by atoms with Gasteiger partial charge in [-0.2, -0.15) is 0 Å². The number of esters is 2. The van der Waals surface area contributed by atoms with Crippen LogP contribution in [0.25, 0.3) is 12.2 Å². The molecule has 0 aliphatic rings. The van der Waals surface area contributed by atoms with Gasteiger partial charge in [-0.05, 0) is 59.7 Å². The van der Waals surface area contributed by atoms with E-state index in [1.807, 2.05) is 0 Å². The fourth-order valence-electron chi connectivity index (χ4n) is 2.52. The predicted octanol–water partition coefficient (Wildman–Crippen LogP) is 3.75. The molecule has 0 aromatic heterocycles. The number of carbonyl (C=O) groups is 2. The molecule has 0 radical (unpaired) electrons. The second-order valence-corrected chi connectivity index (χ2v) is 6.48. The summed E-state index contributed by atoms with van der Waals surface area (Å²) in [5.74, 6) is -2.28. The Balaban J connectivity index is 1.59. The van der Waals surface area contributed by atoms with Gasteiger partial charge in [-0.15, -0.1) is 0 Å². The van der Waals surface area contributed by atoms with E-state index in [0.29, 0.717) is 11.1 Å². The average molecular weight is 434 g/mol. The average Bonchev–Trinajstić information content (AvgIpc) is 2.75. The zero-order valence-electron chi connectivity index (χ0n) is 16.5. The molecule has 8 nitrogen and oxygen atoms in total. The van der Waals surface area contributed by atoms with E-state index in [2.05, 4.69) is 0 Å². The molecular formula is C24H18O8. The van der Waals surface area contributed by atoms with Crippen LogP contribution in [0, 0.1) is 0 Å². The molecule has 0 saturated heterocycles. The summed E-state index contributed by atoms with van der Waals surface area (Å²) in [5, 5.41) is 37.5. The molecule has 4 N–H and O–H groups in total. The maximum atomic E-state index is 12.0. The van der Waals surface area contributed by atoms with Gasteiger partial charge in [-0.3, -0.25) is 0 Å². The number of hydrogen-bond acceptors (Lipinski definition) is 8. The molecule has 0 aliphatic heterocycles. The minimum Gasteiger partial charge on any atom is -0.504 e. The molecule has 0 saturated carbocycles. The summed E-state index contributed by atoms with van der Waals surface area (Å²) in [6, 6.07) is 14.1. The first-order valence-electron chi connectivity index (χ1n) is 9.24. The van der Waals surface area contributed by atoms with Crippen molar-refractivity contribution in [3.8, 4) is 34.5 Å². The number of rotatable bonds is 6. The number of aromatic hydroxyl groups is 4. The van der Waals surface area contributed by atoms with Crippen molar-refractivity contribution in [2.75, 3.05) is 0 Å². The van der Waals surface area contributed by atoms with Crippen molar-refractivity contribution in [1.29, 1.82) is 0 Å². The largest absolute Gasteiger partial charge is 0.504 e. The topological polar surface area (TPSA) is 134 Å². The van der Waals surface area contributed by atoms with E-state index >= 15 is 0 Å². The zero-order chi connectivity index (χ0) is 23.1. The fraction of sp³-hybridized carbons (Fsp3) is 0. The van der Waals surface area contributed by atoms with E-state index < -0.39 is 11.9 Å². The summed E-state index contributed by atoms with van der Waals surface area (Å²) in [5.41, 5.74) is 0.960. The van der Waals surface area contributed by atoms with Crippen molar-refractivity contribution in [2.24, 2.45) is 0 Å². The summed E-state index contributed by atoms with van der Waals surface area (Å²) >= 11 is 0. The van der Waals surface area contributed by atoms with Crippen LogP contribution in [0.3, 0.4) is 0 Å². The SMILES string of the molecule is O=C(/C=C/c1ccc(O)c(O)c1)Oc1cccc(OC(=O)/C=C/c2ccc(O)c(O)c2)c1. The third-order valence-corrected chi connectivity index (χ3v) is 4.07. The van der Waals surface area contributed by atoms with E-state index in [1.54, 1.807) is 0 Å². The summed E-state index contributed by atoms with van der Waals surface area (Å²) in [6.07, 6.45) is 5.08. The quantitative estimate of drug-likeness (QED) is 0.200. The van der Waals surface area contributed by atoms with Crippen LogP contribution in [0.15, 0.2) is 72.8 Å². The molecule has 3 aromatic rings. The van der Waals surface area contributed by atoms with Gasteiger partial charge in [-0.1, -0.05) is 18.2 Å². The van der Waals surface area contributed by atoms with Gasteiger partial charge in [0.25, 0.3) is 0 Å². The first-order valence-corrected chi connectivity index (χ1v) is 9.24. The van der Waals surface area contributed by atoms with Crippen molar-refractivity contribution in [3.05, 3.63) is 83.9 Å². The van der Waals surface area contributed by atoms with Crippen LogP contribution in [0.5, 0.6) is 34.5 Å². The summed E-state index contributed by atoms with van der Waals surface area (Å²) in [7, 11) is 0. The smallest absolute Gasteiger partial charge is 0.336 e. The minimum absolute atomic E-state index is 0.144. The van der Waals surface area contributed by atoms with Gasteiger partial charge in [0.2, 0.25) is 0 Å². The Labute approximate surface area is 182 Å². The van der Waals surface area contributed by atoms with Crippen molar-refractivity contribution in [2.45, 2.75) is 0 Å². The Morgan fingerprint density at radius 3 is 1.44 bits per heavy atom. The van der Waals surface area contributed by atoms with E-state index in [4.69, 9.17) is 9.47 Å². The molecule has 0 bridgehead atoms. The van der Waals surface area contributed by atoms with Crippen molar-refractivity contribution in [3.63, 3.8) is 0 Å². The van der Waals surface area contributed by atoms with Crippen LogP contribution in [0.1, 0.15) is 11.1 Å². The first-order chi connectivity index (χ1) is 15.3. The highest BCUT2D eigenvalue weighted by molar-refractivity contribution is 5.90. The summed E-state index contributed by atoms with van der Waals surface area (Å²) < 4.78 is 10.3. The molecule has 0 aliphatic carbocycles. The summed E-state index contributed by atoms with van der Waals surface area (Å²) in [6.45, 7) is 0. The number of ether oxygens (including phenoxy) is 2. The van der Waals surface area contributed by atoms with Gasteiger partial charge in [0, 0.05) is 18.2 Å². The van der Waals surface area contributed by atoms with Crippen LogP contribution >= 0.6 is 0 Å². The van der Waals surface area contributed by atoms with E-state index in [-0.39, 0.29) is 34.5 Å². The van der Waals surface area contributed by atoms with Gasteiger partial charge in [0.15, 0.2) is 23.0 Å². The molecule has 0 amide bonds. The highest BCUT2D eigenvalue weighted by Crippen LogP contribution is 2.26. The lowest BCUT2D eigenvalue weighted by Gasteiger charge is -2.05. The normalized spacial score (nSPS) is 11.0. The van der Waals surface area contributed by atoms with E-state index in [1.165, 1.54) is 72.8 Å². The highest BCUT2D eigenvalue weighted by Gasteiger charge is 2.06. The molecule has 162 valence electrons. The Morgan fingerprint density at radius 2 is 1.03 bits per heavy atom. The predicted molar refractivity (Wildman–Crippen MR) is 115 cm³/mol. The summed E-state index contributed by atoms with van der Waals surface area (Å²) in [4.78, 5) is 24.0. The van der Waals surface area contributed by atoms with E-state index in [0.717, 1.165) is 12.2 Å². The third-order valence-electron chi connectivity index (χ3n) is 4.07. The number of hydrogen-bond donors (Lipinski definition) is 4. The minimum atomic E-state index is -0.701. The Hall–Kier alpha value is -4.72. The van der Waals surface area contributed by atoms with Gasteiger partial charge in [-0.25, -0.2) is 9.59 Å². The molecule has 0 heterocycles. The molecule has 0 fully saturated rings. The maximum Gasteiger partial charge on any atom is 0.336 e. The lowest BCUT2D eigenvalue weighted by molar-refractivity contribution is -0.129. The fourth-order valence-corrected chi connectivity index (χ4v) is 2.52. The van der Waals surface area contributed by atoms with Crippen LogP contribution in [-0.2, 0) is 9.59 Å². The van der Waals surface area contributed by atoms with Crippen molar-refractivity contribution < 1.29 is 39.5 Å². The maximum absolute atomic E-state index is 12.0. The van der Waals surface area contributed by atoms with Crippen LogP contribution in [-0.4, -0.2) is 32.4 Å². The zero-order valence-corrected chi connectivity index (χ0v) is 16.5. The van der Waals surface area contributed by atoms with Gasteiger partial charge >= 0.3 is 11.9 Å². The first kappa shape index (κ1) is 22.0. The Bertz CT molecular complexity index is 1120. The Kier molecular flexibility index (Phi) is 6.77. The second-order valence-electron chi connectivity index (χ2n) is 6.48. The van der Waals surface area contributed by atoms with Crippen molar-refractivity contribution >= 4 is 24.1 Å². The molecule has 32 heavy (non-hydrogen) atoms. The van der Waals surface area contributed by atoms with Crippen LogP contribution < -0.4 is 9.47 Å². The van der Waals surface area contributed by atoms with Crippen molar-refractivity contribution in [1.82, 2.24) is 0 Å². The number of carbonyl (C=O) groups excluding carboxylic acids is 2. The molecule has 3 aromatic carbocycles. The molecule has 0 spiro atoms. The molecule has 0 atom stereocenters. The molecule has 8 heteroatoms. The standard InChI is InChI=1S/C24H18O8/c25-19-8-4-15(12-21(19)27)6-10-23(29)31-17-2-1-3-18(14-17)32-24(30)11-7-16-5-9-20(26)22(28)13-16/h1-14,25-28H/b10-6+,11-7+. The van der Waals surface area contributed by atoms with Gasteiger partial charge < -0.3 is 29.9 Å². The van der Waals surface area contributed by atoms with Gasteiger partial charge in [0.05, 0.1) is 0 Å². The lowest BCUT2D eigenvalue weighted by atomic mass is 10.2. The molecule has 0 unspecified atom stereocenters. The number of phenols is 4. The lowest BCUT2D eigenvalue weighted by Crippen LogP contribution is -2.06. The molecular weight excluding hydrogens is 416 g/mol. The monoisotopic (exact) mass is 434 g/mol. The van der Waals surface area contributed by atoms with E-state index in [9.17, 15) is 30.0 Å². The van der Waals surface area contributed by atoms with Crippen LogP contribution in [0.2, 0.25) is 0 Å². The van der Waals surface area contributed by atoms with Gasteiger partial charge in [0.1, 0.15) is 11.5 Å². The number of phenolic OH excluding ortho intramolecular Hbond substituents is 4. The second kappa shape index (κ2) is 9.86. The Morgan fingerprint density at radius 1 is 0.594 bits per heavy atom. The highest BCUT2D eigenvalue weighted by atomic mass is 16.5. The molecule has 3 rings (SSSR count). The van der Waals surface area contributed by atoms with Crippen LogP contribution in [0.4, 0.5) is 0 Å². The number of benzene rings is 3.